The smallest absolute Gasteiger partial charge is 0.326 e. The van der Waals surface area contributed by atoms with Crippen molar-refractivity contribution in [2.75, 3.05) is 6.54 Å². The normalized spacial score (nSPS) is 13.3. The number of hydrogen-bond donors (Lipinski definition) is 4. The van der Waals surface area contributed by atoms with Crippen molar-refractivity contribution in [1.82, 2.24) is 10.6 Å². The van der Waals surface area contributed by atoms with E-state index in [2.05, 4.69) is 17.6 Å². The number of amides is 2. The van der Waals surface area contributed by atoms with E-state index in [1.54, 1.807) is 13.8 Å². The number of nitrogens with two attached hydrogens (primary N) is 1. The van der Waals surface area contributed by atoms with Crippen LogP contribution < -0.4 is 16.4 Å². The Bertz CT molecular complexity index is 413. The van der Waals surface area contributed by atoms with Gasteiger partial charge in [0.1, 0.15) is 12.1 Å². The second-order valence-electron chi connectivity index (χ2n) is 6.78. The molecular weight excluding hydrogens is 322 g/mol. The molecule has 7 heteroatoms. The lowest BCUT2D eigenvalue weighted by molar-refractivity contribution is -0.143. The molecule has 0 unspecified atom stereocenters. The van der Waals surface area contributed by atoms with Crippen LogP contribution in [0.3, 0.4) is 0 Å². The van der Waals surface area contributed by atoms with Crippen LogP contribution >= 0.6 is 0 Å². The fourth-order valence-electron chi connectivity index (χ4n) is 2.51. The van der Waals surface area contributed by atoms with E-state index < -0.39 is 24.0 Å². The fourth-order valence-corrected chi connectivity index (χ4v) is 2.51. The average molecular weight is 357 g/mol. The lowest BCUT2D eigenvalue weighted by atomic mass is 10.0. The highest BCUT2D eigenvalue weighted by Crippen LogP contribution is 2.07. The van der Waals surface area contributed by atoms with Crippen molar-refractivity contribution < 1.29 is 19.5 Å². The number of hydrogen-bond acceptors (Lipinski definition) is 4. The maximum absolute atomic E-state index is 12.4. The Morgan fingerprint density at radius 1 is 1.00 bits per heavy atom. The van der Waals surface area contributed by atoms with E-state index in [4.69, 9.17) is 5.73 Å². The molecule has 0 aliphatic rings. The van der Waals surface area contributed by atoms with Gasteiger partial charge in [0.25, 0.3) is 0 Å². The third-order valence-corrected chi connectivity index (χ3v) is 4.09. The number of carbonyl (C=O) groups excluding carboxylic acids is 2. The first-order valence-electron chi connectivity index (χ1n) is 9.36. The first-order chi connectivity index (χ1) is 11.8. The van der Waals surface area contributed by atoms with Gasteiger partial charge in [-0.15, -0.1) is 0 Å². The largest absolute Gasteiger partial charge is 0.480 e. The van der Waals surface area contributed by atoms with Gasteiger partial charge >= 0.3 is 5.97 Å². The predicted molar refractivity (Wildman–Crippen MR) is 98.0 cm³/mol. The number of rotatable bonds is 14. The van der Waals surface area contributed by atoms with Crippen molar-refractivity contribution in [1.29, 1.82) is 0 Å². The Balaban J connectivity index is 4.57. The minimum absolute atomic E-state index is 0.176. The molecule has 0 rings (SSSR count). The zero-order valence-corrected chi connectivity index (χ0v) is 15.8. The summed E-state index contributed by atoms with van der Waals surface area (Å²) in [7, 11) is 0. The van der Waals surface area contributed by atoms with Crippen LogP contribution in [0.2, 0.25) is 0 Å². The van der Waals surface area contributed by atoms with Gasteiger partial charge in [-0.1, -0.05) is 46.5 Å². The third-order valence-electron chi connectivity index (χ3n) is 4.09. The highest BCUT2D eigenvalue weighted by Gasteiger charge is 2.28. The van der Waals surface area contributed by atoms with Crippen molar-refractivity contribution in [3.8, 4) is 0 Å². The molecule has 0 aromatic heterocycles. The zero-order valence-electron chi connectivity index (χ0n) is 15.8. The molecule has 0 aromatic carbocycles. The van der Waals surface area contributed by atoms with E-state index in [9.17, 15) is 19.5 Å². The molecular formula is C18H35N3O4. The Kier molecular flexibility index (Phi) is 12.7. The average Bonchev–Trinajstić information content (AvgIpc) is 2.55. The molecule has 0 aliphatic heterocycles. The molecule has 0 heterocycles. The van der Waals surface area contributed by atoms with Gasteiger partial charge in [-0.05, 0) is 31.7 Å². The van der Waals surface area contributed by atoms with Crippen LogP contribution in [0, 0.1) is 5.92 Å². The summed E-state index contributed by atoms with van der Waals surface area (Å²) in [6.07, 6.45) is 6.56. The van der Waals surface area contributed by atoms with Crippen LogP contribution in [0.1, 0.15) is 72.1 Å². The highest BCUT2D eigenvalue weighted by atomic mass is 16.4. The number of carboxylic acid groups (broad SMARTS) is 1. The second kappa shape index (κ2) is 13.6. The number of carbonyl (C=O) groups is 3. The maximum Gasteiger partial charge on any atom is 0.326 e. The summed E-state index contributed by atoms with van der Waals surface area (Å²) in [5.41, 5.74) is 5.49. The summed E-state index contributed by atoms with van der Waals surface area (Å²) >= 11 is 0. The molecule has 25 heavy (non-hydrogen) atoms. The first kappa shape index (κ1) is 23.4. The molecule has 0 fully saturated rings. The van der Waals surface area contributed by atoms with Crippen molar-refractivity contribution >= 4 is 17.8 Å². The predicted octanol–water partition coefficient (Wildman–Crippen LogP) is 1.80. The summed E-state index contributed by atoms with van der Waals surface area (Å²) in [5, 5.41) is 14.4. The van der Waals surface area contributed by atoms with Crippen LogP contribution in [0.25, 0.3) is 0 Å². The second-order valence-corrected chi connectivity index (χ2v) is 6.78. The van der Waals surface area contributed by atoms with Crippen molar-refractivity contribution in [2.45, 2.75) is 84.2 Å². The molecule has 2 atom stereocenters. The maximum atomic E-state index is 12.4. The minimum Gasteiger partial charge on any atom is -0.480 e. The molecule has 5 N–H and O–H groups in total. The van der Waals surface area contributed by atoms with Gasteiger partial charge in [0.05, 0.1) is 0 Å². The molecule has 146 valence electrons. The van der Waals surface area contributed by atoms with Gasteiger partial charge in [0.2, 0.25) is 11.8 Å². The van der Waals surface area contributed by atoms with Gasteiger partial charge in [-0.2, -0.15) is 0 Å². The Morgan fingerprint density at radius 2 is 1.64 bits per heavy atom. The molecule has 0 radical (unpaired) electrons. The SMILES string of the molecule is CCCCCCCC(=O)N[C@H](CCCN)C(=O)N[C@@H](C(=O)O)C(C)C. The Labute approximate surface area is 151 Å². The molecule has 7 nitrogen and oxygen atoms in total. The summed E-state index contributed by atoms with van der Waals surface area (Å²) in [6, 6.07) is -1.72. The summed E-state index contributed by atoms with van der Waals surface area (Å²) in [6.45, 7) is 5.99. The summed E-state index contributed by atoms with van der Waals surface area (Å²) in [5.74, 6) is -1.96. The standard InChI is InChI=1S/C18H35N3O4/c1-4-5-6-7-8-11-15(22)20-14(10-9-12-19)17(23)21-16(13(2)3)18(24)25/h13-14,16H,4-12,19H2,1-3H3,(H,20,22)(H,21,23)(H,24,25)/t14-,16-/m1/s1. The van der Waals surface area contributed by atoms with Crippen LogP contribution in [0.4, 0.5) is 0 Å². The topological polar surface area (TPSA) is 122 Å². The van der Waals surface area contributed by atoms with Gasteiger partial charge in [0.15, 0.2) is 0 Å². The molecule has 0 aromatic rings. The van der Waals surface area contributed by atoms with E-state index in [1.165, 1.54) is 0 Å². The van der Waals surface area contributed by atoms with Gasteiger partial charge in [-0.25, -0.2) is 4.79 Å². The van der Waals surface area contributed by atoms with Crippen molar-refractivity contribution in [2.24, 2.45) is 11.7 Å². The zero-order chi connectivity index (χ0) is 19.2. The Hall–Kier alpha value is -1.63. The van der Waals surface area contributed by atoms with E-state index in [0.29, 0.717) is 25.8 Å². The quantitative estimate of drug-likeness (QED) is 0.353. The van der Waals surface area contributed by atoms with Gasteiger partial charge < -0.3 is 21.5 Å². The molecule has 0 bridgehead atoms. The van der Waals surface area contributed by atoms with E-state index in [1.807, 2.05) is 0 Å². The summed E-state index contributed by atoms with van der Waals surface area (Å²) in [4.78, 5) is 35.7. The van der Waals surface area contributed by atoms with Crippen molar-refractivity contribution in [3.05, 3.63) is 0 Å². The summed E-state index contributed by atoms with van der Waals surface area (Å²) < 4.78 is 0. The number of unbranched alkanes of at least 4 members (excludes halogenated alkanes) is 4. The van der Waals surface area contributed by atoms with Gasteiger partial charge in [-0.3, -0.25) is 9.59 Å². The lowest BCUT2D eigenvalue weighted by Gasteiger charge is -2.23. The van der Waals surface area contributed by atoms with Crippen LogP contribution in [0.15, 0.2) is 0 Å². The highest BCUT2D eigenvalue weighted by molar-refractivity contribution is 5.90. The monoisotopic (exact) mass is 357 g/mol. The third kappa shape index (κ3) is 10.8. The molecule has 0 saturated heterocycles. The van der Waals surface area contributed by atoms with Crippen molar-refractivity contribution in [3.63, 3.8) is 0 Å². The van der Waals surface area contributed by atoms with Crippen LogP contribution in [-0.2, 0) is 14.4 Å². The molecule has 0 spiro atoms. The lowest BCUT2D eigenvalue weighted by Crippen LogP contribution is -2.53. The molecule has 0 saturated carbocycles. The number of aliphatic carboxylic acids is 1. The Morgan fingerprint density at radius 3 is 2.16 bits per heavy atom. The van der Waals surface area contributed by atoms with E-state index in [-0.39, 0.29) is 11.8 Å². The van der Waals surface area contributed by atoms with Crippen LogP contribution in [0.5, 0.6) is 0 Å². The van der Waals surface area contributed by atoms with Crippen LogP contribution in [-0.4, -0.2) is 41.5 Å². The first-order valence-corrected chi connectivity index (χ1v) is 9.36. The molecule has 2 amide bonds. The van der Waals surface area contributed by atoms with Gasteiger partial charge in [0, 0.05) is 6.42 Å². The van der Waals surface area contributed by atoms with E-state index >= 15 is 0 Å². The number of carboxylic acids is 1. The molecule has 0 aliphatic carbocycles. The minimum atomic E-state index is -1.08. The fraction of sp³-hybridized carbons (Fsp3) is 0.833. The van der Waals surface area contributed by atoms with E-state index in [0.717, 1.165) is 32.1 Å². The number of nitrogens with one attached hydrogen (secondary N) is 2.